The molecule has 2 aromatic rings. The Hall–Kier alpha value is -1.42. The molecule has 1 unspecified atom stereocenters. The van der Waals surface area contributed by atoms with Crippen LogP contribution in [-0.2, 0) is 13.0 Å². The highest BCUT2D eigenvalue weighted by Crippen LogP contribution is 2.49. The van der Waals surface area contributed by atoms with Crippen LogP contribution in [-0.4, -0.2) is 36.1 Å². The molecular formula is C20H24ClN3. The summed E-state index contributed by atoms with van der Waals surface area (Å²) in [7, 11) is 0. The standard InChI is InChI=1S/C20H24ClN3/c21-17-3-1-15(2-4-17)7-10-24(13-16-5-8-22-9-6-16)14-20-18-11-23-12-19(18)20/h1-6,8-9,18-20,23H,7,10-14H2/t18-,19+,20?. The molecule has 2 fully saturated rings. The number of hydrogen-bond acceptors (Lipinski definition) is 3. The van der Waals surface area contributed by atoms with Gasteiger partial charge in [0, 0.05) is 37.1 Å². The molecule has 3 nitrogen and oxygen atoms in total. The zero-order chi connectivity index (χ0) is 16.4. The molecule has 126 valence electrons. The van der Waals surface area contributed by atoms with Gasteiger partial charge in [0.1, 0.15) is 0 Å². The Kier molecular flexibility index (Phi) is 4.83. The molecule has 1 aliphatic heterocycles. The van der Waals surface area contributed by atoms with Crippen LogP contribution in [0.2, 0.25) is 5.02 Å². The number of nitrogens with one attached hydrogen (secondary N) is 1. The molecular weight excluding hydrogens is 318 g/mol. The second-order valence-electron chi connectivity index (χ2n) is 7.12. The predicted octanol–water partition coefficient (Wildman–Crippen LogP) is 3.25. The molecule has 1 N–H and O–H groups in total. The van der Waals surface area contributed by atoms with Crippen LogP contribution < -0.4 is 5.32 Å². The average molecular weight is 342 g/mol. The van der Waals surface area contributed by atoms with Gasteiger partial charge in [0.15, 0.2) is 0 Å². The van der Waals surface area contributed by atoms with E-state index in [1.165, 1.54) is 30.8 Å². The highest BCUT2D eigenvalue weighted by molar-refractivity contribution is 6.30. The predicted molar refractivity (Wildman–Crippen MR) is 98.0 cm³/mol. The van der Waals surface area contributed by atoms with E-state index in [4.69, 9.17) is 11.6 Å². The van der Waals surface area contributed by atoms with E-state index in [1.807, 2.05) is 24.5 Å². The lowest BCUT2D eigenvalue weighted by molar-refractivity contribution is 0.246. The van der Waals surface area contributed by atoms with Gasteiger partial charge in [-0.15, -0.1) is 0 Å². The molecule has 1 aliphatic carbocycles. The van der Waals surface area contributed by atoms with Gasteiger partial charge in [-0.05, 0) is 72.7 Å². The van der Waals surface area contributed by atoms with Gasteiger partial charge < -0.3 is 5.32 Å². The van der Waals surface area contributed by atoms with Crippen molar-refractivity contribution in [2.45, 2.75) is 13.0 Å². The lowest BCUT2D eigenvalue weighted by atomic mass is 10.1. The maximum absolute atomic E-state index is 5.99. The molecule has 0 amide bonds. The summed E-state index contributed by atoms with van der Waals surface area (Å²) >= 11 is 5.99. The molecule has 0 radical (unpaired) electrons. The van der Waals surface area contributed by atoms with Crippen molar-refractivity contribution in [1.82, 2.24) is 15.2 Å². The first-order chi connectivity index (χ1) is 11.8. The summed E-state index contributed by atoms with van der Waals surface area (Å²) in [5.41, 5.74) is 2.71. The molecule has 2 aliphatic rings. The van der Waals surface area contributed by atoms with E-state index in [0.717, 1.165) is 42.3 Å². The van der Waals surface area contributed by atoms with E-state index in [9.17, 15) is 0 Å². The number of rotatable bonds is 7. The summed E-state index contributed by atoms with van der Waals surface area (Å²) in [5, 5.41) is 4.31. The molecule has 1 aromatic carbocycles. The van der Waals surface area contributed by atoms with E-state index >= 15 is 0 Å². The van der Waals surface area contributed by atoms with E-state index in [2.05, 4.69) is 39.5 Å². The van der Waals surface area contributed by atoms with Crippen molar-refractivity contribution in [3.05, 3.63) is 64.9 Å². The molecule has 4 rings (SSSR count). The van der Waals surface area contributed by atoms with Crippen LogP contribution >= 0.6 is 11.6 Å². The molecule has 24 heavy (non-hydrogen) atoms. The van der Waals surface area contributed by atoms with Crippen LogP contribution in [0.3, 0.4) is 0 Å². The Morgan fingerprint density at radius 3 is 2.42 bits per heavy atom. The van der Waals surface area contributed by atoms with Gasteiger partial charge in [-0.2, -0.15) is 0 Å². The summed E-state index contributed by atoms with van der Waals surface area (Å²) in [5.74, 6) is 2.72. The summed E-state index contributed by atoms with van der Waals surface area (Å²) in [4.78, 5) is 6.75. The first-order valence-electron chi connectivity index (χ1n) is 8.86. The first kappa shape index (κ1) is 16.1. The van der Waals surface area contributed by atoms with Crippen LogP contribution in [0.25, 0.3) is 0 Å². The zero-order valence-corrected chi connectivity index (χ0v) is 14.6. The van der Waals surface area contributed by atoms with E-state index < -0.39 is 0 Å². The fraction of sp³-hybridized carbons (Fsp3) is 0.450. The molecule has 4 heteroatoms. The number of benzene rings is 1. The van der Waals surface area contributed by atoms with Crippen LogP contribution in [0.5, 0.6) is 0 Å². The second-order valence-corrected chi connectivity index (χ2v) is 7.55. The van der Waals surface area contributed by atoms with Crippen molar-refractivity contribution >= 4 is 11.6 Å². The van der Waals surface area contributed by atoms with Gasteiger partial charge in [0.25, 0.3) is 0 Å². The molecule has 2 heterocycles. The van der Waals surface area contributed by atoms with Gasteiger partial charge >= 0.3 is 0 Å². The molecule has 1 aromatic heterocycles. The minimum atomic E-state index is 0.811. The lowest BCUT2D eigenvalue weighted by Gasteiger charge is -2.23. The van der Waals surface area contributed by atoms with Gasteiger partial charge in [0.2, 0.25) is 0 Å². The van der Waals surface area contributed by atoms with Crippen LogP contribution in [0.1, 0.15) is 11.1 Å². The maximum Gasteiger partial charge on any atom is 0.0406 e. The molecule has 0 bridgehead atoms. The summed E-state index contributed by atoms with van der Waals surface area (Å²) < 4.78 is 0. The molecule has 1 saturated carbocycles. The van der Waals surface area contributed by atoms with E-state index in [0.29, 0.717) is 0 Å². The number of pyridine rings is 1. The monoisotopic (exact) mass is 341 g/mol. The van der Waals surface area contributed by atoms with Crippen LogP contribution in [0.4, 0.5) is 0 Å². The van der Waals surface area contributed by atoms with Crippen LogP contribution in [0.15, 0.2) is 48.8 Å². The Bertz CT molecular complexity index is 648. The van der Waals surface area contributed by atoms with Crippen molar-refractivity contribution < 1.29 is 0 Å². The van der Waals surface area contributed by atoms with E-state index in [1.54, 1.807) is 0 Å². The third-order valence-corrected chi connectivity index (χ3v) is 5.78. The average Bonchev–Trinajstić information content (AvgIpc) is 3.03. The number of hydrogen-bond donors (Lipinski definition) is 1. The zero-order valence-electron chi connectivity index (χ0n) is 13.9. The second kappa shape index (κ2) is 7.22. The summed E-state index contributed by atoms with van der Waals surface area (Å²) in [6.45, 7) is 5.75. The highest BCUT2D eigenvalue weighted by Gasteiger charge is 2.52. The molecule has 1 saturated heterocycles. The van der Waals surface area contributed by atoms with Crippen molar-refractivity contribution in [1.29, 1.82) is 0 Å². The third kappa shape index (κ3) is 3.80. The van der Waals surface area contributed by atoms with Gasteiger partial charge in [0.05, 0.1) is 0 Å². The number of nitrogens with zero attached hydrogens (tertiary/aromatic N) is 2. The van der Waals surface area contributed by atoms with Gasteiger partial charge in [-0.25, -0.2) is 0 Å². The number of halogens is 1. The largest absolute Gasteiger partial charge is 0.316 e. The van der Waals surface area contributed by atoms with Gasteiger partial charge in [-0.3, -0.25) is 9.88 Å². The number of aromatic nitrogens is 1. The Labute approximate surface area is 149 Å². The topological polar surface area (TPSA) is 28.2 Å². The minimum absolute atomic E-state index is 0.811. The fourth-order valence-corrected chi connectivity index (χ4v) is 4.16. The van der Waals surface area contributed by atoms with E-state index in [-0.39, 0.29) is 0 Å². The Morgan fingerprint density at radius 2 is 1.71 bits per heavy atom. The first-order valence-corrected chi connectivity index (χ1v) is 9.24. The van der Waals surface area contributed by atoms with Gasteiger partial charge in [-0.1, -0.05) is 23.7 Å². The van der Waals surface area contributed by atoms with Crippen molar-refractivity contribution in [2.75, 3.05) is 26.2 Å². The van der Waals surface area contributed by atoms with Crippen molar-refractivity contribution in [3.63, 3.8) is 0 Å². The summed E-state index contributed by atoms with van der Waals surface area (Å²) in [6, 6.07) is 12.5. The Morgan fingerprint density at radius 1 is 1.00 bits per heavy atom. The molecule has 3 atom stereocenters. The highest BCUT2D eigenvalue weighted by atomic mass is 35.5. The minimum Gasteiger partial charge on any atom is -0.316 e. The Balaban J connectivity index is 1.38. The third-order valence-electron chi connectivity index (χ3n) is 5.52. The van der Waals surface area contributed by atoms with Crippen molar-refractivity contribution in [2.24, 2.45) is 17.8 Å². The lowest BCUT2D eigenvalue weighted by Crippen LogP contribution is -2.30. The number of piperidine rings is 1. The normalized spacial score (nSPS) is 25.0. The summed E-state index contributed by atoms with van der Waals surface area (Å²) in [6.07, 6.45) is 4.85. The fourth-order valence-electron chi connectivity index (χ4n) is 4.04. The number of fused-ring (bicyclic) bond motifs is 1. The maximum atomic E-state index is 5.99. The van der Waals surface area contributed by atoms with Crippen molar-refractivity contribution in [3.8, 4) is 0 Å². The smallest absolute Gasteiger partial charge is 0.0406 e. The molecule has 0 spiro atoms. The quantitative estimate of drug-likeness (QED) is 0.838. The SMILES string of the molecule is Clc1ccc(CCN(Cc2ccncc2)CC2[C@H]3CNC[C@@H]23)cc1. The van der Waals surface area contributed by atoms with Crippen LogP contribution in [0, 0.1) is 17.8 Å².